The van der Waals surface area contributed by atoms with Crippen molar-refractivity contribution in [1.29, 1.82) is 0 Å². The zero-order valence-electron chi connectivity index (χ0n) is 13.8. The fourth-order valence-corrected chi connectivity index (χ4v) is 4.30. The Balaban J connectivity index is 1.73. The highest BCUT2D eigenvalue weighted by Crippen LogP contribution is 2.60. The maximum atomic E-state index is 12.9. The minimum absolute atomic E-state index is 0.102. The highest BCUT2D eigenvalue weighted by Gasteiger charge is 2.72. The largest absolute Gasteiger partial charge is 0.453 e. The second-order valence-corrected chi connectivity index (χ2v) is 7.32. The first-order valence-electron chi connectivity index (χ1n) is 8.40. The molecule has 3 unspecified atom stereocenters. The van der Waals surface area contributed by atoms with Crippen LogP contribution >= 0.6 is 0 Å². The molecule has 1 aliphatic heterocycles. The van der Waals surface area contributed by atoms with Crippen molar-refractivity contribution in [2.24, 2.45) is 5.92 Å². The molecule has 1 heterocycles. The van der Waals surface area contributed by atoms with Crippen LogP contribution in [0.1, 0.15) is 46.3 Å². The summed E-state index contributed by atoms with van der Waals surface area (Å²) in [6, 6.07) is 8.97. The molecule has 0 bridgehead atoms. The van der Waals surface area contributed by atoms with E-state index in [0.29, 0.717) is 11.8 Å². The molecular weight excluding hydrogens is 338 g/mol. The maximum Gasteiger partial charge on any atom is 0.283 e. The van der Waals surface area contributed by atoms with Gasteiger partial charge in [-0.15, -0.1) is 0 Å². The van der Waals surface area contributed by atoms with Crippen LogP contribution in [0.3, 0.4) is 0 Å². The first-order valence-corrected chi connectivity index (χ1v) is 8.40. The normalized spacial score (nSPS) is 33.3. The van der Waals surface area contributed by atoms with Crippen LogP contribution in [-0.2, 0) is 11.4 Å². The van der Waals surface area contributed by atoms with Gasteiger partial charge in [0.25, 0.3) is 11.5 Å². The molecule has 0 saturated heterocycles. The highest BCUT2D eigenvalue weighted by molar-refractivity contribution is 6.10. The van der Waals surface area contributed by atoms with Gasteiger partial charge in [0.1, 0.15) is 11.3 Å². The molecule has 2 N–H and O–H groups in total. The van der Waals surface area contributed by atoms with Crippen LogP contribution in [-0.4, -0.2) is 20.9 Å². The number of nitrogens with zero attached hydrogens (tertiary/aromatic N) is 1. The SMILES string of the molecule is C[C@H]1CC1c1ccc2c(c1)OC1(O)c3c(cccc3[N+](=O)[O-])C(=O)C21O. The smallest absolute Gasteiger partial charge is 0.283 e. The molecule has 0 aromatic heterocycles. The van der Waals surface area contributed by atoms with Gasteiger partial charge in [0.15, 0.2) is 0 Å². The number of ketones is 1. The Morgan fingerprint density at radius 1 is 1.27 bits per heavy atom. The van der Waals surface area contributed by atoms with Gasteiger partial charge >= 0.3 is 0 Å². The number of carbonyl (C=O) groups is 1. The van der Waals surface area contributed by atoms with Crippen LogP contribution in [0.5, 0.6) is 5.75 Å². The van der Waals surface area contributed by atoms with Crippen molar-refractivity contribution in [3.8, 4) is 5.75 Å². The summed E-state index contributed by atoms with van der Waals surface area (Å²) in [6.45, 7) is 2.12. The molecular formula is C19H15NO6. The average Bonchev–Trinajstić information content (AvgIpc) is 3.26. The minimum atomic E-state index is -2.51. The van der Waals surface area contributed by atoms with Crippen molar-refractivity contribution in [3.63, 3.8) is 0 Å². The van der Waals surface area contributed by atoms with Gasteiger partial charge in [0.05, 0.1) is 4.92 Å². The maximum absolute atomic E-state index is 12.9. The fraction of sp³-hybridized carbons (Fsp3) is 0.316. The molecule has 0 radical (unpaired) electrons. The Morgan fingerprint density at radius 2 is 2.00 bits per heavy atom. The Bertz CT molecular complexity index is 1020. The zero-order valence-corrected chi connectivity index (χ0v) is 13.8. The first-order chi connectivity index (χ1) is 12.3. The van der Waals surface area contributed by atoms with Gasteiger partial charge in [-0.2, -0.15) is 0 Å². The molecule has 3 aliphatic rings. The average molecular weight is 353 g/mol. The molecule has 7 nitrogen and oxygen atoms in total. The Morgan fingerprint density at radius 3 is 2.65 bits per heavy atom. The molecule has 4 atom stereocenters. The van der Waals surface area contributed by atoms with Crippen LogP contribution in [0.4, 0.5) is 5.69 Å². The summed E-state index contributed by atoms with van der Waals surface area (Å²) in [4.78, 5) is 23.6. The molecule has 0 amide bonds. The van der Waals surface area contributed by atoms with E-state index in [0.717, 1.165) is 12.0 Å². The van der Waals surface area contributed by atoms with Gasteiger partial charge in [0.2, 0.25) is 11.4 Å². The van der Waals surface area contributed by atoms with Gasteiger partial charge in [-0.25, -0.2) is 0 Å². The summed E-state index contributed by atoms with van der Waals surface area (Å²) in [7, 11) is 0. The van der Waals surface area contributed by atoms with E-state index in [4.69, 9.17) is 4.74 Å². The summed E-state index contributed by atoms with van der Waals surface area (Å²) in [5.74, 6) is -2.21. The first kappa shape index (κ1) is 15.5. The van der Waals surface area contributed by atoms with E-state index in [1.165, 1.54) is 18.2 Å². The third-order valence-electron chi connectivity index (χ3n) is 5.83. The predicted octanol–water partition coefficient (Wildman–Crippen LogP) is 2.34. The highest BCUT2D eigenvalue weighted by atomic mass is 16.7. The number of rotatable bonds is 2. The van der Waals surface area contributed by atoms with Crippen LogP contribution in [0.15, 0.2) is 36.4 Å². The molecule has 1 fully saturated rings. The number of nitro benzene ring substituents is 1. The van der Waals surface area contributed by atoms with E-state index in [9.17, 15) is 25.1 Å². The number of benzene rings is 2. The van der Waals surface area contributed by atoms with Gasteiger partial charge in [-0.3, -0.25) is 14.9 Å². The number of Topliss-reactive ketones (excluding diaryl/α,β-unsaturated/α-hetero) is 1. The summed E-state index contributed by atoms with van der Waals surface area (Å²) in [5.41, 5.74) is -2.13. The van der Waals surface area contributed by atoms with Crippen LogP contribution in [0, 0.1) is 16.0 Å². The second kappa shape index (κ2) is 4.49. The number of carbonyl (C=O) groups excluding carboxylic acids is 1. The second-order valence-electron chi connectivity index (χ2n) is 7.32. The van der Waals surface area contributed by atoms with Crippen LogP contribution in [0.2, 0.25) is 0 Å². The number of hydrogen-bond donors (Lipinski definition) is 2. The minimum Gasteiger partial charge on any atom is -0.453 e. The lowest BCUT2D eigenvalue weighted by molar-refractivity contribution is -0.388. The predicted molar refractivity (Wildman–Crippen MR) is 88.8 cm³/mol. The van der Waals surface area contributed by atoms with Gasteiger partial charge in [-0.05, 0) is 29.9 Å². The van der Waals surface area contributed by atoms with Gasteiger partial charge < -0.3 is 14.9 Å². The van der Waals surface area contributed by atoms with E-state index >= 15 is 0 Å². The van der Waals surface area contributed by atoms with Gasteiger partial charge in [0, 0.05) is 17.2 Å². The van der Waals surface area contributed by atoms with E-state index in [2.05, 4.69) is 6.92 Å². The number of fused-ring (bicyclic) bond motifs is 5. The third-order valence-corrected chi connectivity index (χ3v) is 5.83. The number of hydrogen-bond acceptors (Lipinski definition) is 6. The molecule has 7 heteroatoms. The number of nitro groups is 1. The Labute approximate surface area is 148 Å². The quantitative estimate of drug-likeness (QED) is 0.633. The summed E-state index contributed by atoms with van der Waals surface area (Å²) >= 11 is 0. The molecule has 26 heavy (non-hydrogen) atoms. The monoisotopic (exact) mass is 353 g/mol. The summed E-state index contributed by atoms with van der Waals surface area (Å²) in [5, 5.41) is 33.8. The lowest BCUT2D eigenvalue weighted by Gasteiger charge is -2.28. The summed E-state index contributed by atoms with van der Waals surface area (Å²) in [6.07, 6.45) is 1.04. The topological polar surface area (TPSA) is 110 Å². The lowest BCUT2D eigenvalue weighted by Crippen LogP contribution is -2.48. The number of aliphatic hydroxyl groups is 2. The molecule has 132 valence electrons. The summed E-state index contributed by atoms with van der Waals surface area (Å²) < 4.78 is 5.64. The van der Waals surface area contributed by atoms with E-state index in [1.54, 1.807) is 12.1 Å². The Kier molecular flexibility index (Phi) is 2.67. The Hall–Kier alpha value is -2.77. The van der Waals surface area contributed by atoms with Crippen molar-refractivity contribution < 1.29 is 24.7 Å². The molecule has 2 aromatic carbocycles. The lowest BCUT2D eigenvalue weighted by atomic mass is 9.86. The van der Waals surface area contributed by atoms with Crippen molar-refractivity contribution >= 4 is 11.5 Å². The van der Waals surface area contributed by atoms with Crippen molar-refractivity contribution in [3.05, 3.63) is 68.8 Å². The van der Waals surface area contributed by atoms with E-state index in [-0.39, 0.29) is 22.4 Å². The van der Waals surface area contributed by atoms with Crippen molar-refractivity contribution in [2.45, 2.75) is 30.7 Å². The molecule has 2 aliphatic carbocycles. The molecule has 1 saturated carbocycles. The molecule has 0 spiro atoms. The molecule has 2 aromatic rings. The standard InChI is InChI=1S/C19H15NO6/c1-9-7-12(9)10-5-6-13-15(8-10)26-19(23)16-11(17(21)18(13,19)22)3-2-4-14(16)20(24)25/h2-6,8-9,12,22-23H,7H2,1H3/t9-,12?,18?,19?/m0/s1. The third kappa shape index (κ3) is 1.58. The van der Waals surface area contributed by atoms with E-state index < -0.39 is 27.8 Å². The number of ether oxygens (including phenoxy) is 1. The fourth-order valence-electron chi connectivity index (χ4n) is 4.30. The van der Waals surface area contributed by atoms with Crippen LogP contribution < -0.4 is 4.74 Å². The van der Waals surface area contributed by atoms with Crippen LogP contribution in [0.25, 0.3) is 0 Å². The van der Waals surface area contributed by atoms with Crippen molar-refractivity contribution in [1.82, 2.24) is 0 Å². The van der Waals surface area contributed by atoms with E-state index in [1.807, 2.05) is 6.07 Å². The molecule has 5 rings (SSSR count). The zero-order chi connectivity index (χ0) is 18.4. The van der Waals surface area contributed by atoms with Crippen molar-refractivity contribution in [2.75, 3.05) is 0 Å². The van der Waals surface area contributed by atoms with Gasteiger partial charge in [-0.1, -0.05) is 31.2 Å².